The highest BCUT2D eigenvalue weighted by atomic mass is 16.2. The number of rotatable bonds is 6. The van der Waals surface area contributed by atoms with Gasteiger partial charge in [-0.25, -0.2) is 0 Å². The van der Waals surface area contributed by atoms with Gasteiger partial charge in [0.2, 0.25) is 5.91 Å². The van der Waals surface area contributed by atoms with E-state index in [1.165, 1.54) is 0 Å². The molecule has 0 aliphatic rings. The molecule has 2 N–H and O–H groups in total. The first-order valence-electron chi connectivity index (χ1n) is 7.07. The number of benzene rings is 1. The van der Waals surface area contributed by atoms with Crippen molar-refractivity contribution in [2.24, 2.45) is 5.92 Å². The summed E-state index contributed by atoms with van der Waals surface area (Å²) < 4.78 is 0. The molecule has 0 heterocycles. The fraction of sp³-hybridized carbons (Fsp3) is 0.471. The van der Waals surface area contributed by atoms with Crippen LogP contribution in [0.1, 0.15) is 44.2 Å². The van der Waals surface area contributed by atoms with Gasteiger partial charge < -0.3 is 10.4 Å². The van der Waals surface area contributed by atoms with Crippen LogP contribution in [0, 0.1) is 17.8 Å². The van der Waals surface area contributed by atoms with E-state index in [0.717, 1.165) is 17.5 Å². The van der Waals surface area contributed by atoms with Gasteiger partial charge in [0, 0.05) is 24.9 Å². The third kappa shape index (κ3) is 6.96. The van der Waals surface area contributed by atoms with Crippen LogP contribution in [0.3, 0.4) is 0 Å². The lowest BCUT2D eigenvalue weighted by Gasteiger charge is -2.07. The summed E-state index contributed by atoms with van der Waals surface area (Å²) in [4.78, 5) is 11.6. The van der Waals surface area contributed by atoms with Gasteiger partial charge in [0.25, 0.3) is 0 Å². The molecule has 1 amide bonds. The van der Waals surface area contributed by atoms with E-state index in [1.807, 2.05) is 24.3 Å². The van der Waals surface area contributed by atoms with E-state index in [2.05, 4.69) is 31.0 Å². The fourth-order valence-corrected chi connectivity index (χ4v) is 1.64. The molecule has 3 heteroatoms. The largest absolute Gasteiger partial charge is 0.395 e. The van der Waals surface area contributed by atoms with Crippen LogP contribution in [0.25, 0.3) is 0 Å². The average molecular weight is 273 g/mol. The maximum atomic E-state index is 11.6. The van der Waals surface area contributed by atoms with Crippen molar-refractivity contribution in [1.29, 1.82) is 0 Å². The maximum Gasteiger partial charge on any atom is 0.220 e. The monoisotopic (exact) mass is 273 g/mol. The van der Waals surface area contributed by atoms with E-state index in [0.29, 0.717) is 25.3 Å². The summed E-state index contributed by atoms with van der Waals surface area (Å²) in [6, 6.07) is 7.79. The Morgan fingerprint density at radius 1 is 1.30 bits per heavy atom. The molecule has 0 spiro atoms. The quantitative estimate of drug-likeness (QED) is 0.782. The van der Waals surface area contributed by atoms with Crippen LogP contribution in [-0.2, 0) is 11.3 Å². The van der Waals surface area contributed by atoms with Crippen molar-refractivity contribution in [3.05, 3.63) is 35.4 Å². The second kappa shape index (κ2) is 9.17. The molecule has 0 aliphatic carbocycles. The number of hydrogen-bond donors (Lipinski definition) is 2. The molecule has 0 saturated carbocycles. The molecule has 0 saturated heterocycles. The van der Waals surface area contributed by atoms with E-state index in [9.17, 15) is 4.79 Å². The molecule has 0 radical (unpaired) electrons. The van der Waals surface area contributed by atoms with Crippen molar-refractivity contribution >= 4 is 5.91 Å². The number of nitrogens with one attached hydrogen (secondary N) is 1. The summed E-state index contributed by atoms with van der Waals surface area (Å²) in [5.74, 6) is 6.51. The van der Waals surface area contributed by atoms with Gasteiger partial charge in [-0.3, -0.25) is 4.79 Å². The zero-order valence-electron chi connectivity index (χ0n) is 12.3. The normalized spacial score (nSPS) is 10.0. The first-order valence-corrected chi connectivity index (χ1v) is 7.07. The predicted octanol–water partition coefficient (Wildman–Crippen LogP) is 2.47. The summed E-state index contributed by atoms with van der Waals surface area (Å²) >= 11 is 0. The van der Waals surface area contributed by atoms with Gasteiger partial charge in [-0.1, -0.05) is 37.8 Å². The third-order valence-corrected chi connectivity index (χ3v) is 2.86. The summed E-state index contributed by atoms with van der Waals surface area (Å²) in [7, 11) is 0. The van der Waals surface area contributed by atoms with Crippen molar-refractivity contribution < 1.29 is 9.90 Å². The van der Waals surface area contributed by atoms with Crippen LogP contribution >= 0.6 is 0 Å². The van der Waals surface area contributed by atoms with Gasteiger partial charge in [-0.05, 0) is 30.0 Å². The zero-order valence-corrected chi connectivity index (χ0v) is 12.3. The highest BCUT2D eigenvalue weighted by Crippen LogP contribution is 2.05. The lowest BCUT2D eigenvalue weighted by Crippen LogP contribution is -2.22. The molecule has 3 nitrogen and oxygen atoms in total. The van der Waals surface area contributed by atoms with Gasteiger partial charge in [0.15, 0.2) is 0 Å². The Morgan fingerprint density at radius 2 is 2.00 bits per heavy atom. The van der Waals surface area contributed by atoms with Crippen LogP contribution < -0.4 is 5.32 Å². The minimum Gasteiger partial charge on any atom is -0.395 e. The van der Waals surface area contributed by atoms with Crippen LogP contribution in [0.4, 0.5) is 0 Å². The Hall–Kier alpha value is -1.79. The van der Waals surface area contributed by atoms with E-state index in [-0.39, 0.29) is 12.5 Å². The van der Waals surface area contributed by atoms with Crippen LogP contribution in [0.15, 0.2) is 24.3 Å². The molecule has 108 valence electrons. The number of carbonyl (C=O) groups is 1. The summed E-state index contributed by atoms with van der Waals surface area (Å²) in [5, 5.41) is 11.6. The van der Waals surface area contributed by atoms with Gasteiger partial charge in [-0.15, -0.1) is 0 Å². The standard InChI is InChI=1S/C17H23NO2/c1-14(2)6-11-17(20)18-13-16-9-7-15(8-10-16)5-3-4-12-19/h7-10,14,19H,4,6,11-13H2,1-2H3,(H,18,20). The minimum absolute atomic E-state index is 0.0908. The Kier molecular flexibility index (Phi) is 7.46. The number of aliphatic hydroxyl groups is 1. The molecule has 1 aromatic carbocycles. The van der Waals surface area contributed by atoms with E-state index in [4.69, 9.17) is 5.11 Å². The van der Waals surface area contributed by atoms with Crippen LogP contribution in [-0.4, -0.2) is 17.6 Å². The molecule has 0 bridgehead atoms. The topological polar surface area (TPSA) is 49.3 Å². The average Bonchev–Trinajstić information content (AvgIpc) is 2.44. The van der Waals surface area contributed by atoms with Gasteiger partial charge in [-0.2, -0.15) is 0 Å². The van der Waals surface area contributed by atoms with Crippen molar-refractivity contribution in [1.82, 2.24) is 5.32 Å². The molecule has 0 unspecified atom stereocenters. The van der Waals surface area contributed by atoms with Crippen molar-refractivity contribution in [3.8, 4) is 11.8 Å². The smallest absolute Gasteiger partial charge is 0.220 e. The molecule has 1 rings (SSSR count). The first-order chi connectivity index (χ1) is 9.61. The minimum atomic E-state index is 0.0908. The molecular weight excluding hydrogens is 250 g/mol. The van der Waals surface area contributed by atoms with E-state index < -0.39 is 0 Å². The Morgan fingerprint density at radius 3 is 2.60 bits per heavy atom. The van der Waals surface area contributed by atoms with Crippen LogP contribution in [0.5, 0.6) is 0 Å². The number of hydrogen-bond acceptors (Lipinski definition) is 2. The summed E-state index contributed by atoms with van der Waals surface area (Å²) in [6.45, 7) is 4.88. The first kappa shape index (κ1) is 16.3. The lowest BCUT2D eigenvalue weighted by molar-refractivity contribution is -0.121. The van der Waals surface area contributed by atoms with Crippen molar-refractivity contribution in [2.75, 3.05) is 6.61 Å². The highest BCUT2D eigenvalue weighted by Gasteiger charge is 2.03. The predicted molar refractivity (Wildman–Crippen MR) is 80.9 cm³/mol. The zero-order chi connectivity index (χ0) is 14.8. The fourth-order valence-electron chi connectivity index (χ4n) is 1.64. The van der Waals surface area contributed by atoms with Crippen molar-refractivity contribution in [2.45, 2.75) is 39.7 Å². The number of carbonyl (C=O) groups excluding carboxylic acids is 1. The Bertz CT molecular complexity index is 466. The van der Waals surface area contributed by atoms with E-state index >= 15 is 0 Å². The molecule has 0 atom stereocenters. The van der Waals surface area contributed by atoms with Gasteiger partial charge in [0.1, 0.15) is 0 Å². The number of amides is 1. The van der Waals surface area contributed by atoms with Crippen LogP contribution in [0.2, 0.25) is 0 Å². The van der Waals surface area contributed by atoms with Crippen molar-refractivity contribution in [3.63, 3.8) is 0 Å². The molecular formula is C17H23NO2. The third-order valence-electron chi connectivity index (χ3n) is 2.86. The molecule has 0 aromatic heterocycles. The Balaban J connectivity index is 2.38. The summed E-state index contributed by atoms with van der Waals surface area (Å²) in [5.41, 5.74) is 1.99. The molecule has 0 aliphatic heterocycles. The summed E-state index contributed by atoms with van der Waals surface area (Å²) in [6.07, 6.45) is 2.00. The van der Waals surface area contributed by atoms with Gasteiger partial charge in [0.05, 0.1) is 6.61 Å². The number of aliphatic hydroxyl groups excluding tert-OH is 1. The van der Waals surface area contributed by atoms with Gasteiger partial charge >= 0.3 is 0 Å². The molecule has 1 aromatic rings. The lowest BCUT2D eigenvalue weighted by atomic mass is 10.1. The second-order valence-electron chi connectivity index (χ2n) is 5.18. The maximum absolute atomic E-state index is 11.6. The highest BCUT2D eigenvalue weighted by molar-refractivity contribution is 5.75. The SMILES string of the molecule is CC(C)CCC(=O)NCc1ccc(C#CCCO)cc1. The molecule has 20 heavy (non-hydrogen) atoms. The Labute approximate surface area is 121 Å². The van der Waals surface area contributed by atoms with E-state index in [1.54, 1.807) is 0 Å². The molecule has 0 fully saturated rings. The second-order valence-corrected chi connectivity index (χ2v) is 5.18.